The molecule has 2 heteroatoms. The second-order valence-corrected chi connectivity index (χ2v) is 6.67. The van der Waals surface area contributed by atoms with E-state index in [1.54, 1.807) is 0 Å². The second kappa shape index (κ2) is 7.62. The minimum absolute atomic E-state index is 0.145. The Bertz CT molecular complexity index is 558. The van der Waals surface area contributed by atoms with Gasteiger partial charge in [-0.25, -0.2) is 4.79 Å². The molecule has 22 heavy (non-hydrogen) atoms. The van der Waals surface area contributed by atoms with Crippen LogP contribution in [0, 0.1) is 0 Å². The highest BCUT2D eigenvalue weighted by atomic mass is 16.5. The molecule has 0 aromatic carbocycles. The van der Waals surface area contributed by atoms with Gasteiger partial charge in [-0.2, -0.15) is 0 Å². The van der Waals surface area contributed by atoms with Crippen molar-refractivity contribution >= 4 is 5.97 Å². The third-order valence-corrected chi connectivity index (χ3v) is 4.65. The third-order valence-electron chi connectivity index (χ3n) is 4.65. The van der Waals surface area contributed by atoms with Crippen molar-refractivity contribution in [1.29, 1.82) is 0 Å². The van der Waals surface area contributed by atoms with Crippen molar-refractivity contribution in [3.63, 3.8) is 0 Å². The molecule has 0 amide bonds. The first kappa shape index (κ1) is 16.8. The maximum absolute atomic E-state index is 11.9. The summed E-state index contributed by atoms with van der Waals surface area (Å²) in [5.41, 5.74) is 6.16. The smallest absolute Gasteiger partial charge is 0.334 e. The van der Waals surface area contributed by atoms with Crippen molar-refractivity contribution in [2.45, 2.75) is 72.3 Å². The molecule has 0 bridgehead atoms. The molecule has 0 saturated carbocycles. The van der Waals surface area contributed by atoms with Gasteiger partial charge in [0.25, 0.3) is 0 Å². The molecule has 2 nitrogen and oxygen atoms in total. The first-order valence-electron chi connectivity index (χ1n) is 8.36. The summed E-state index contributed by atoms with van der Waals surface area (Å²) >= 11 is 0. The van der Waals surface area contributed by atoms with Crippen molar-refractivity contribution in [3.05, 3.63) is 46.1 Å². The molecule has 2 rings (SSSR count). The van der Waals surface area contributed by atoms with Gasteiger partial charge in [0.2, 0.25) is 0 Å². The van der Waals surface area contributed by atoms with E-state index in [-0.39, 0.29) is 12.1 Å². The van der Waals surface area contributed by atoms with Gasteiger partial charge in [0.15, 0.2) is 0 Å². The second-order valence-electron chi connectivity index (χ2n) is 6.67. The molecular weight excluding hydrogens is 272 g/mol. The average molecular weight is 300 g/mol. The van der Waals surface area contributed by atoms with E-state index in [4.69, 9.17) is 4.74 Å². The normalized spacial score (nSPS) is 31.9. The summed E-state index contributed by atoms with van der Waals surface area (Å²) in [5, 5.41) is 0. The summed E-state index contributed by atoms with van der Waals surface area (Å²) in [5.74, 6) is -0.147. The molecule has 120 valence electrons. The van der Waals surface area contributed by atoms with E-state index < -0.39 is 0 Å². The Morgan fingerprint density at radius 1 is 0.864 bits per heavy atom. The van der Waals surface area contributed by atoms with E-state index in [1.807, 2.05) is 6.92 Å². The largest absolute Gasteiger partial charge is 0.450 e. The fourth-order valence-corrected chi connectivity index (χ4v) is 3.05. The van der Waals surface area contributed by atoms with Crippen molar-refractivity contribution < 1.29 is 9.53 Å². The summed E-state index contributed by atoms with van der Waals surface area (Å²) in [6.45, 7) is 8.44. The number of carbonyl (C=O) groups is 1. The van der Waals surface area contributed by atoms with Gasteiger partial charge in [-0.15, -0.1) is 0 Å². The Labute approximate surface area is 134 Å². The lowest BCUT2D eigenvalue weighted by atomic mass is 9.95. The van der Waals surface area contributed by atoms with Crippen LogP contribution >= 0.6 is 0 Å². The lowest BCUT2D eigenvalue weighted by Crippen LogP contribution is -2.09. The van der Waals surface area contributed by atoms with Crippen molar-refractivity contribution in [1.82, 2.24) is 0 Å². The van der Waals surface area contributed by atoms with E-state index >= 15 is 0 Å². The molecule has 1 aliphatic carbocycles. The van der Waals surface area contributed by atoms with Crippen molar-refractivity contribution in [2.75, 3.05) is 0 Å². The molecule has 0 aromatic heterocycles. The number of allylic oxidation sites excluding steroid dienone is 5. The first-order valence-corrected chi connectivity index (χ1v) is 8.36. The van der Waals surface area contributed by atoms with Gasteiger partial charge < -0.3 is 4.74 Å². The summed E-state index contributed by atoms with van der Waals surface area (Å²) < 4.78 is 5.54. The Kier molecular flexibility index (Phi) is 5.82. The maximum Gasteiger partial charge on any atom is 0.334 e. The number of carbonyl (C=O) groups excluding carboxylic acids is 1. The van der Waals surface area contributed by atoms with Crippen LogP contribution in [0.3, 0.4) is 0 Å². The predicted molar refractivity (Wildman–Crippen MR) is 91.6 cm³/mol. The highest BCUT2D eigenvalue weighted by Crippen LogP contribution is 2.30. The average Bonchev–Trinajstić information content (AvgIpc) is 2.71. The monoisotopic (exact) mass is 300 g/mol. The summed E-state index contributed by atoms with van der Waals surface area (Å²) in [6, 6.07) is 0. The van der Waals surface area contributed by atoms with Crippen LogP contribution in [0.15, 0.2) is 46.1 Å². The molecule has 0 aromatic rings. The van der Waals surface area contributed by atoms with Crippen LogP contribution in [-0.4, -0.2) is 12.1 Å². The van der Waals surface area contributed by atoms with Crippen LogP contribution in [0.4, 0.5) is 0 Å². The van der Waals surface area contributed by atoms with Gasteiger partial charge in [0, 0.05) is 5.57 Å². The van der Waals surface area contributed by atoms with Gasteiger partial charge in [0.05, 0.1) is 0 Å². The van der Waals surface area contributed by atoms with E-state index in [0.29, 0.717) is 0 Å². The van der Waals surface area contributed by atoms with Gasteiger partial charge >= 0.3 is 5.97 Å². The standard InChI is InChI=1S/C20H28O2/c1-14-7-5-9-15(2)11-12-18-17(4)20(21)22-19(18)13-16(3)10-6-8-14/h8-9,13,19H,5-7,10-12H2,1-4H3/b14-8+,15-9+,16-13+/t19-/m0/s1. The zero-order chi connectivity index (χ0) is 16.1. The van der Waals surface area contributed by atoms with Crippen LogP contribution in [0.1, 0.15) is 66.2 Å². The number of ether oxygens (including phenoxy) is 1. The molecule has 1 aliphatic heterocycles. The fourth-order valence-electron chi connectivity index (χ4n) is 3.05. The molecule has 0 spiro atoms. The topological polar surface area (TPSA) is 26.3 Å². The van der Waals surface area contributed by atoms with E-state index in [2.05, 4.69) is 39.0 Å². The number of rotatable bonds is 0. The molecule has 1 heterocycles. The minimum atomic E-state index is -0.147. The summed E-state index contributed by atoms with van der Waals surface area (Å²) in [6.07, 6.45) is 13.0. The van der Waals surface area contributed by atoms with Crippen LogP contribution in [-0.2, 0) is 9.53 Å². The van der Waals surface area contributed by atoms with Crippen molar-refractivity contribution in [2.24, 2.45) is 0 Å². The molecule has 0 radical (unpaired) electrons. The van der Waals surface area contributed by atoms with Crippen molar-refractivity contribution in [3.8, 4) is 0 Å². The molecule has 0 N–H and O–H groups in total. The Balaban J connectivity index is 2.24. The first-order chi connectivity index (χ1) is 10.5. The number of esters is 1. The van der Waals surface area contributed by atoms with E-state index in [9.17, 15) is 4.79 Å². The van der Waals surface area contributed by atoms with E-state index in [0.717, 1.165) is 44.1 Å². The van der Waals surface area contributed by atoms with E-state index in [1.165, 1.54) is 22.3 Å². The molecule has 0 fully saturated rings. The third kappa shape index (κ3) is 4.46. The minimum Gasteiger partial charge on any atom is -0.450 e. The van der Waals surface area contributed by atoms with Crippen LogP contribution in [0.25, 0.3) is 0 Å². The number of hydrogen-bond donors (Lipinski definition) is 0. The van der Waals surface area contributed by atoms with Gasteiger partial charge in [-0.3, -0.25) is 0 Å². The fraction of sp³-hybridized carbons (Fsp3) is 0.550. The zero-order valence-electron chi connectivity index (χ0n) is 14.4. The highest BCUT2D eigenvalue weighted by Gasteiger charge is 2.29. The van der Waals surface area contributed by atoms with Gasteiger partial charge in [-0.05, 0) is 77.9 Å². The zero-order valence-corrected chi connectivity index (χ0v) is 14.4. The molecular formula is C20H28O2. The quantitative estimate of drug-likeness (QED) is 0.441. The van der Waals surface area contributed by atoms with Crippen LogP contribution < -0.4 is 0 Å². The summed E-state index contributed by atoms with van der Waals surface area (Å²) in [4.78, 5) is 11.9. The summed E-state index contributed by atoms with van der Waals surface area (Å²) in [7, 11) is 0. The number of fused-ring (bicyclic) bond motifs is 1. The highest BCUT2D eigenvalue weighted by molar-refractivity contribution is 5.92. The molecule has 2 aliphatic rings. The Morgan fingerprint density at radius 3 is 2.14 bits per heavy atom. The maximum atomic E-state index is 11.9. The number of hydrogen-bond acceptors (Lipinski definition) is 2. The lowest BCUT2D eigenvalue weighted by Gasteiger charge is -2.13. The molecule has 0 unspecified atom stereocenters. The molecule has 0 saturated heterocycles. The molecule has 1 atom stereocenters. The SMILES string of the molecule is CC1=C2CC/C(C)=C/CC/C(C)=C/CC/C(C)=C/[C@@H]2OC1=O. The predicted octanol–water partition coefficient (Wildman–Crippen LogP) is 5.42. The van der Waals surface area contributed by atoms with Crippen LogP contribution in [0.5, 0.6) is 0 Å². The lowest BCUT2D eigenvalue weighted by molar-refractivity contribution is -0.138. The van der Waals surface area contributed by atoms with Crippen LogP contribution in [0.2, 0.25) is 0 Å². The van der Waals surface area contributed by atoms with Gasteiger partial charge in [-0.1, -0.05) is 28.9 Å². The Morgan fingerprint density at radius 2 is 1.45 bits per heavy atom. The van der Waals surface area contributed by atoms with Gasteiger partial charge in [0.1, 0.15) is 6.10 Å². The Hall–Kier alpha value is -1.57.